The maximum atomic E-state index is 13.4. The molecule has 0 aromatic heterocycles. The molecule has 1 saturated heterocycles. The Morgan fingerprint density at radius 3 is 2.45 bits per heavy atom. The molecule has 1 aliphatic heterocycles. The summed E-state index contributed by atoms with van der Waals surface area (Å²) in [5.74, 6) is -2.29. The van der Waals surface area contributed by atoms with Crippen molar-refractivity contribution in [1.29, 1.82) is 0 Å². The number of carbonyl (C=O) groups is 4. The zero-order valence-corrected chi connectivity index (χ0v) is 21.1. The molecule has 1 unspecified atom stereocenters. The maximum absolute atomic E-state index is 13.4. The van der Waals surface area contributed by atoms with E-state index in [0.29, 0.717) is 43.9 Å². The van der Waals surface area contributed by atoms with Crippen molar-refractivity contribution >= 4 is 35.3 Å². The number of methoxy groups -OCH3 is 1. The van der Waals surface area contributed by atoms with E-state index >= 15 is 0 Å². The molecule has 0 bridgehead atoms. The summed E-state index contributed by atoms with van der Waals surface area (Å²) in [6.07, 6.45) is 1.55. The van der Waals surface area contributed by atoms with Crippen molar-refractivity contribution in [2.45, 2.75) is 31.7 Å². The van der Waals surface area contributed by atoms with Crippen LogP contribution in [0.15, 0.2) is 42.5 Å². The minimum absolute atomic E-state index is 0.0577. The van der Waals surface area contributed by atoms with Gasteiger partial charge in [0.1, 0.15) is 5.82 Å². The highest BCUT2D eigenvalue weighted by Crippen LogP contribution is 2.34. The molecular weight excluding hydrogens is 495 g/mol. The highest BCUT2D eigenvalue weighted by Gasteiger charge is 2.31. The van der Waals surface area contributed by atoms with Crippen LogP contribution in [-0.2, 0) is 14.3 Å². The smallest absolute Gasteiger partial charge is 0.409 e. The third-order valence-electron chi connectivity index (χ3n) is 6.69. The highest BCUT2D eigenvalue weighted by atomic mass is 19.1. The first-order valence-electron chi connectivity index (χ1n) is 12.6. The Morgan fingerprint density at radius 1 is 1.05 bits per heavy atom. The molecule has 202 valence electrons. The number of carbonyl (C=O) groups excluding carboxylic acids is 3. The average molecular weight is 527 g/mol. The third-order valence-corrected chi connectivity index (χ3v) is 6.69. The van der Waals surface area contributed by atoms with Crippen LogP contribution in [0.5, 0.6) is 0 Å². The fourth-order valence-corrected chi connectivity index (χ4v) is 4.47. The first-order chi connectivity index (χ1) is 18.2. The summed E-state index contributed by atoms with van der Waals surface area (Å²) in [5, 5.41) is 15.0. The number of anilines is 2. The molecule has 2 fully saturated rings. The van der Waals surface area contributed by atoms with Gasteiger partial charge in [0.05, 0.1) is 30.9 Å². The second kappa shape index (κ2) is 11.9. The van der Waals surface area contributed by atoms with Crippen molar-refractivity contribution in [3.8, 4) is 0 Å². The monoisotopic (exact) mass is 526 g/mol. The fourth-order valence-electron chi connectivity index (χ4n) is 4.47. The quantitative estimate of drug-likeness (QED) is 0.481. The molecule has 1 atom stereocenters. The number of amides is 3. The van der Waals surface area contributed by atoms with E-state index in [-0.39, 0.29) is 23.8 Å². The molecular formula is C27H31FN4O6. The van der Waals surface area contributed by atoms with Gasteiger partial charge in [0.2, 0.25) is 5.91 Å². The van der Waals surface area contributed by atoms with Crippen LogP contribution in [0.1, 0.15) is 47.6 Å². The number of nitrogens with zero attached hydrogens (tertiary/aromatic N) is 2. The number of aliphatic carboxylic acids is 1. The summed E-state index contributed by atoms with van der Waals surface area (Å²) in [7, 11) is 1.34. The lowest BCUT2D eigenvalue weighted by Crippen LogP contribution is -2.35. The summed E-state index contributed by atoms with van der Waals surface area (Å²) in [4.78, 5) is 52.9. The van der Waals surface area contributed by atoms with Crippen LogP contribution in [0.25, 0.3) is 0 Å². The molecule has 1 saturated carbocycles. The zero-order valence-electron chi connectivity index (χ0n) is 21.1. The minimum Gasteiger partial charge on any atom is -0.481 e. The SMILES string of the molecule is COC(=O)N1CCCN(c2ccc(C(=O)NC(CC(=O)O)c3ccc(F)cc3)cc2NC(=O)C2CC2)CC1. The lowest BCUT2D eigenvalue weighted by Gasteiger charge is -2.26. The van der Waals surface area contributed by atoms with Gasteiger partial charge in [0, 0.05) is 37.7 Å². The summed E-state index contributed by atoms with van der Waals surface area (Å²) < 4.78 is 18.2. The van der Waals surface area contributed by atoms with E-state index in [4.69, 9.17) is 4.74 Å². The Labute approximate surface area is 219 Å². The van der Waals surface area contributed by atoms with Gasteiger partial charge < -0.3 is 30.3 Å². The van der Waals surface area contributed by atoms with Crippen molar-refractivity contribution in [2.75, 3.05) is 43.5 Å². The number of hydrogen-bond acceptors (Lipinski definition) is 6. The predicted octanol–water partition coefficient (Wildman–Crippen LogP) is 3.40. The van der Waals surface area contributed by atoms with Crippen LogP contribution in [0.3, 0.4) is 0 Å². The van der Waals surface area contributed by atoms with Gasteiger partial charge in [0.25, 0.3) is 5.91 Å². The Bertz CT molecular complexity index is 1200. The lowest BCUT2D eigenvalue weighted by molar-refractivity contribution is -0.137. The molecule has 3 amide bonds. The van der Waals surface area contributed by atoms with Crippen LogP contribution in [0.2, 0.25) is 0 Å². The first kappa shape index (κ1) is 26.9. The van der Waals surface area contributed by atoms with Gasteiger partial charge in [-0.15, -0.1) is 0 Å². The molecule has 2 aliphatic rings. The van der Waals surface area contributed by atoms with E-state index < -0.39 is 29.8 Å². The molecule has 0 spiro atoms. The van der Waals surface area contributed by atoms with Crippen molar-refractivity contribution in [1.82, 2.24) is 10.2 Å². The number of carboxylic acid groups (broad SMARTS) is 1. The molecule has 10 nitrogen and oxygen atoms in total. The largest absolute Gasteiger partial charge is 0.481 e. The van der Waals surface area contributed by atoms with E-state index in [0.717, 1.165) is 18.5 Å². The number of ether oxygens (including phenoxy) is 1. The summed E-state index contributed by atoms with van der Waals surface area (Å²) in [6.45, 7) is 2.13. The molecule has 2 aromatic carbocycles. The van der Waals surface area contributed by atoms with Gasteiger partial charge in [-0.25, -0.2) is 9.18 Å². The van der Waals surface area contributed by atoms with E-state index in [1.807, 2.05) is 0 Å². The van der Waals surface area contributed by atoms with Gasteiger partial charge >= 0.3 is 12.1 Å². The van der Waals surface area contributed by atoms with Crippen molar-refractivity contribution in [2.24, 2.45) is 5.92 Å². The second-order valence-electron chi connectivity index (χ2n) is 9.47. The minimum atomic E-state index is -1.12. The number of rotatable bonds is 8. The molecule has 0 radical (unpaired) electrons. The predicted molar refractivity (Wildman–Crippen MR) is 137 cm³/mol. The molecule has 1 aliphatic carbocycles. The van der Waals surface area contributed by atoms with Gasteiger partial charge in [0.15, 0.2) is 0 Å². The number of hydrogen-bond donors (Lipinski definition) is 3. The van der Waals surface area contributed by atoms with Crippen LogP contribution in [0.4, 0.5) is 20.6 Å². The lowest BCUT2D eigenvalue weighted by atomic mass is 10.0. The Balaban J connectivity index is 1.57. The van der Waals surface area contributed by atoms with Crippen LogP contribution < -0.4 is 15.5 Å². The van der Waals surface area contributed by atoms with Crippen LogP contribution in [-0.4, -0.2) is 67.2 Å². The van der Waals surface area contributed by atoms with E-state index in [1.54, 1.807) is 23.1 Å². The standard InChI is InChI=1S/C27H31FN4O6/c1-38-27(37)32-12-2-11-31(13-14-32)23-10-7-19(15-22(23)30-25(35)18-3-4-18)26(36)29-21(16-24(33)34)17-5-8-20(28)9-6-17/h5-10,15,18,21H,2-4,11-14,16H2,1H3,(H,29,36)(H,30,35)(H,33,34). The number of halogens is 1. The van der Waals surface area contributed by atoms with Gasteiger partial charge in [-0.2, -0.15) is 0 Å². The van der Waals surface area contributed by atoms with E-state index in [9.17, 15) is 28.7 Å². The van der Waals surface area contributed by atoms with E-state index in [1.165, 1.54) is 31.4 Å². The third kappa shape index (κ3) is 6.78. The molecule has 3 N–H and O–H groups in total. The average Bonchev–Trinajstić information content (AvgIpc) is 3.75. The number of nitrogens with one attached hydrogen (secondary N) is 2. The van der Waals surface area contributed by atoms with Crippen LogP contribution in [0, 0.1) is 11.7 Å². The number of carboxylic acids is 1. The zero-order chi connectivity index (χ0) is 27.2. The van der Waals surface area contributed by atoms with Crippen molar-refractivity contribution in [3.05, 3.63) is 59.4 Å². The Morgan fingerprint density at radius 2 is 1.79 bits per heavy atom. The molecule has 38 heavy (non-hydrogen) atoms. The summed E-state index contributed by atoms with van der Waals surface area (Å²) in [6, 6.07) is 9.35. The molecule has 2 aromatic rings. The fraction of sp³-hybridized carbons (Fsp3) is 0.407. The Hall–Kier alpha value is -4.15. The normalized spacial score (nSPS) is 16.3. The summed E-state index contributed by atoms with van der Waals surface area (Å²) in [5.41, 5.74) is 1.89. The Kier molecular flexibility index (Phi) is 8.45. The van der Waals surface area contributed by atoms with Crippen LogP contribution >= 0.6 is 0 Å². The number of benzene rings is 2. The second-order valence-corrected chi connectivity index (χ2v) is 9.47. The molecule has 4 rings (SSSR count). The van der Waals surface area contributed by atoms with Crippen molar-refractivity contribution in [3.63, 3.8) is 0 Å². The highest BCUT2D eigenvalue weighted by molar-refractivity contribution is 6.01. The van der Waals surface area contributed by atoms with E-state index in [2.05, 4.69) is 15.5 Å². The first-order valence-corrected chi connectivity index (χ1v) is 12.6. The van der Waals surface area contributed by atoms with Gasteiger partial charge in [-0.1, -0.05) is 12.1 Å². The summed E-state index contributed by atoms with van der Waals surface area (Å²) >= 11 is 0. The van der Waals surface area contributed by atoms with Gasteiger partial charge in [-0.05, 0) is 55.2 Å². The van der Waals surface area contributed by atoms with Gasteiger partial charge in [-0.3, -0.25) is 14.4 Å². The molecule has 1 heterocycles. The topological polar surface area (TPSA) is 128 Å². The van der Waals surface area contributed by atoms with Crippen molar-refractivity contribution < 1.29 is 33.4 Å². The molecule has 11 heteroatoms. The maximum Gasteiger partial charge on any atom is 0.409 e.